The van der Waals surface area contributed by atoms with Crippen LogP contribution in [0.2, 0.25) is 0 Å². The molecule has 3 atom stereocenters. The van der Waals surface area contributed by atoms with Crippen LogP contribution in [0.25, 0.3) is 0 Å². The molecule has 0 aromatic carbocycles. The van der Waals surface area contributed by atoms with Crippen LogP contribution < -0.4 is 5.32 Å². The molecule has 1 aliphatic heterocycles. The van der Waals surface area contributed by atoms with E-state index in [1.807, 2.05) is 17.8 Å². The van der Waals surface area contributed by atoms with Crippen molar-refractivity contribution in [2.75, 3.05) is 26.2 Å². The minimum Gasteiger partial charge on any atom is -0.389 e. The van der Waals surface area contributed by atoms with E-state index >= 15 is 0 Å². The molecule has 1 saturated heterocycles. The van der Waals surface area contributed by atoms with Gasteiger partial charge in [0.25, 0.3) is 0 Å². The molecule has 0 amide bonds. The maximum absolute atomic E-state index is 10.3. The van der Waals surface area contributed by atoms with Gasteiger partial charge >= 0.3 is 0 Å². The summed E-state index contributed by atoms with van der Waals surface area (Å²) >= 11 is 0. The number of hydrogen-bond acceptors (Lipinski definition) is 5. The van der Waals surface area contributed by atoms with Gasteiger partial charge in [0.15, 0.2) is 0 Å². The van der Waals surface area contributed by atoms with Crippen LogP contribution in [-0.4, -0.2) is 64.0 Å². The highest BCUT2D eigenvalue weighted by molar-refractivity contribution is 4.94. The van der Waals surface area contributed by atoms with E-state index < -0.39 is 6.10 Å². The lowest BCUT2D eigenvalue weighted by molar-refractivity contribution is 0.0170. The number of aliphatic hydroxyl groups excluding tert-OH is 1. The molecule has 0 bridgehead atoms. The van der Waals surface area contributed by atoms with E-state index in [-0.39, 0.29) is 12.1 Å². The molecule has 1 aromatic rings. The van der Waals surface area contributed by atoms with Gasteiger partial charge in [0, 0.05) is 26.0 Å². The first-order valence-corrected chi connectivity index (χ1v) is 7.37. The number of aromatic nitrogens is 2. The number of nitrogens with one attached hydrogen (secondary N) is 1. The van der Waals surface area contributed by atoms with E-state index in [0.717, 1.165) is 25.5 Å². The first kappa shape index (κ1) is 15.4. The number of nitrogens with zero attached hydrogens (tertiary/aromatic N) is 3. The topological polar surface area (TPSA) is 62.5 Å². The van der Waals surface area contributed by atoms with E-state index in [4.69, 9.17) is 4.74 Å². The van der Waals surface area contributed by atoms with Crippen molar-refractivity contribution in [2.24, 2.45) is 7.05 Å². The van der Waals surface area contributed by atoms with Crippen molar-refractivity contribution in [2.45, 2.75) is 38.6 Å². The molecule has 2 heterocycles. The maximum Gasteiger partial charge on any atom is 0.122 e. The summed E-state index contributed by atoms with van der Waals surface area (Å²) in [5.41, 5.74) is 0. The summed E-state index contributed by atoms with van der Waals surface area (Å²) in [6, 6.07) is -0.0211. The van der Waals surface area contributed by atoms with Crippen LogP contribution in [0.4, 0.5) is 0 Å². The Hall–Kier alpha value is -0.950. The van der Waals surface area contributed by atoms with Gasteiger partial charge in [-0.1, -0.05) is 13.8 Å². The molecule has 20 heavy (non-hydrogen) atoms. The van der Waals surface area contributed by atoms with Gasteiger partial charge in [0.2, 0.25) is 0 Å². The third-order valence-corrected chi connectivity index (χ3v) is 4.06. The number of aliphatic hydroxyl groups is 1. The summed E-state index contributed by atoms with van der Waals surface area (Å²) in [5.74, 6) is 0.962. The fourth-order valence-corrected chi connectivity index (χ4v) is 2.55. The highest BCUT2D eigenvalue weighted by atomic mass is 16.5. The molecule has 0 radical (unpaired) electrons. The summed E-state index contributed by atoms with van der Waals surface area (Å²) in [5, 5.41) is 13.7. The Morgan fingerprint density at radius 3 is 2.85 bits per heavy atom. The Morgan fingerprint density at radius 2 is 2.25 bits per heavy atom. The monoisotopic (exact) mass is 282 g/mol. The van der Waals surface area contributed by atoms with Crippen molar-refractivity contribution in [3.05, 3.63) is 18.2 Å². The van der Waals surface area contributed by atoms with Gasteiger partial charge in [0.05, 0.1) is 31.4 Å². The van der Waals surface area contributed by atoms with Gasteiger partial charge in [-0.25, -0.2) is 4.98 Å². The molecule has 1 fully saturated rings. The Labute approximate surface area is 120 Å². The van der Waals surface area contributed by atoms with E-state index in [1.54, 1.807) is 6.20 Å². The van der Waals surface area contributed by atoms with Crippen molar-refractivity contribution in [1.29, 1.82) is 0 Å². The second kappa shape index (κ2) is 7.17. The maximum atomic E-state index is 10.3. The van der Waals surface area contributed by atoms with Crippen LogP contribution in [0.3, 0.4) is 0 Å². The van der Waals surface area contributed by atoms with Crippen LogP contribution >= 0.6 is 0 Å². The van der Waals surface area contributed by atoms with E-state index in [9.17, 15) is 5.11 Å². The molecule has 2 N–H and O–H groups in total. The summed E-state index contributed by atoms with van der Waals surface area (Å²) < 4.78 is 7.71. The lowest BCUT2D eigenvalue weighted by Gasteiger charge is -2.24. The summed E-state index contributed by atoms with van der Waals surface area (Å²) in [4.78, 5) is 6.54. The standard InChI is InChI=1S/C14H26N4O2/c1-4-18(5-2)9-12-14(19)11(10-20-12)16-8-13-15-6-7-17(13)3/h6-7,11-12,14,16,19H,4-5,8-10H2,1-3H3. The van der Waals surface area contributed by atoms with Crippen molar-refractivity contribution in [3.8, 4) is 0 Å². The Kier molecular flexibility index (Phi) is 5.54. The van der Waals surface area contributed by atoms with Crippen LogP contribution in [-0.2, 0) is 18.3 Å². The van der Waals surface area contributed by atoms with E-state index in [1.165, 1.54) is 0 Å². The normalized spacial score (nSPS) is 26.6. The van der Waals surface area contributed by atoms with Crippen molar-refractivity contribution in [1.82, 2.24) is 19.8 Å². The second-order valence-corrected chi connectivity index (χ2v) is 5.29. The molecule has 0 aliphatic carbocycles. The summed E-state index contributed by atoms with van der Waals surface area (Å²) in [6.45, 7) is 8.20. The molecule has 114 valence electrons. The second-order valence-electron chi connectivity index (χ2n) is 5.29. The lowest BCUT2D eigenvalue weighted by Crippen LogP contribution is -2.44. The van der Waals surface area contributed by atoms with Crippen LogP contribution in [0.5, 0.6) is 0 Å². The zero-order valence-corrected chi connectivity index (χ0v) is 12.6. The number of ether oxygens (including phenoxy) is 1. The summed E-state index contributed by atoms with van der Waals surface area (Å²) in [7, 11) is 1.97. The van der Waals surface area contributed by atoms with Crippen LogP contribution in [0.1, 0.15) is 19.7 Å². The van der Waals surface area contributed by atoms with Crippen LogP contribution in [0, 0.1) is 0 Å². The van der Waals surface area contributed by atoms with Gasteiger partial charge in [-0.2, -0.15) is 0 Å². The first-order chi connectivity index (χ1) is 9.65. The highest BCUT2D eigenvalue weighted by Gasteiger charge is 2.36. The number of imidazole rings is 1. The van der Waals surface area contributed by atoms with E-state index in [0.29, 0.717) is 13.2 Å². The van der Waals surface area contributed by atoms with Gasteiger partial charge in [0.1, 0.15) is 5.82 Å². The minimum absolute atomic E-state index is 0.0211. The minimum atomic E-state index is -0.462. The Morgan fingerprint density at radius 1 is 1.50 bits per heavy atom. The molecule has 3 unspecified atom stereocenters. The largest absolute Gasteiger partial charge is 0.389 e. The van der Waals surface area contributed by atoms with Gasteiger partial charge in [-0.05, 0) is 13.1 Å². The van der Waals surface area contributed by atoms with Gasteiger partial charge in [-0.3, -0.25) is 0 Å². The lowest BCUT2D eigenvalue weighted by atomic mass is 10.1. The fourth-order valence-electron chi connectivity index (χ4n) is 2.55. The smallest absolute Gasteiger partial charge is 0.122 e. The molecule has 0 spiro atoms. The predicted octanol–water partition coefficient (Wildman–Crippen LogP) is -0.0202. The predicted molar refractivity (Wildman–Crippen MR) is 77.4 cm³/mol. The molecule has 0 saturated carbocycles. The molecular weight excluding hydrogens is 256 g/mol. The number of hydrogen-bond donors (Lipinski definition) is 2. The van der Waals surface area contributed by atoms with Crippen molar-refractivity contribution >= 4 is 0 Å². The SMILES string of the molecule is CCN(CC)CC1OCC(NCc2nccn2C)C1O. The number of aryl methyl sites for hydroxylation is 1. The Bertz CT molecular complexity index is 406. The Balaban J connectivity index is 1.81. The molecule has 6 heteroatoms. The third-order valence-electron chi connectivity index (χ3n) is 4.06. The molecule has 1 aromatic heterocycles. The van der Waals surface area contributed by atoms with E-state index in [2.05, 4.69) is 29.0 Å². The molecule has 1 aliphatic rings. The average molecular weight is 282 g/mol. The van der Waals surface area contributed by atoms with Gasteiger partial charge < -0.3 is 24.6 Å². The fraction of sp³-hybridized carbons (Fsp3) is 0.786. The van der Waals surface area contributed by atoms with Crippen molar-refractivity contribution < 1.29 is 9.84 Å². The average Bonchev–Trinajstić information content (AvgIpc) is 3.01. The molecule has 2 rings (SSSR count). The van der Waals surface area contributed by atoms with Crippen molar-refractivity contribution in [3.63, 3.8) is 0 Å². The third kappa shape index (κ3) is 3.58. The first-order valence-electron chi connectivity index (χ1n) is 7.37. The zero-order valence-electron chi connectivity index (χ0n) is 12.6. The van der Waals surface area contributed by atoms with Crippen LogP contribution in [0.15, 0.2) is 12.4 Å². The van der Waals surface area contributed by atoms with Gasteiger partial charge in [-0.15, -0.1) is 0 Å². The number of likely N-dealkylation sites (N-methyl/N-ethyl adjacent to an activating group) is 1. The molecule has 6 nitrogen and oxygen atoms in total. The quantitative estimate of drug-likeness (QED) is 0.736. The number of rotatable bonds is 7. The summed E-state index contributed by atoms with van der Waals surface area (Å²) in [6.07, 6.45) is 3.13. The molecular formula is C14H26N4O2. The highest BCUT2D eigenvalue weighted by Crippen LogP contribution is 2.16. The zero-order chi connectivity index (χ0) is 14.5.